The van der Waals surface area contributed by atoms with Crippen molar-refractivity contribution in [3.8, 4) is 11.5 Å². The van der Waals surface area contributed by atoms with E-state index in [1.54, 1.807) is 6.07 Å². The monoisotopic (exact) mass is 273 g/mol. The molecule has 5 heteroatoms. The summed E-state index contributed by atoms with van der Waals surface area (Å²) in [7, 11) is 1.44. The maximum atomic E-state index is 11.8. The fourth-order valence-electron chi connectivity index (χ4n) is 1.65. The quantitative estimate of drug-likeness (QED) is 0.820. The summed E-state index contributed by atoms with van der Waals surface area (Å²) >= 11 is 0. The minimum atomic E-state index is -0.432. The number of aromatic hydroxyl groups is 1. The molecule has 0 saturated heterocycles. The molecule has 0 aliphatic rings. The van der Waals surface area contributed by atoms with Crippen molar-refractivity contribution in [3.05, 3.63) is 59.7 Å². The number of carbonyl (C=O) groups is 1. The highest BCUT2D eigenvalue weighted by Crippen LogP contribution is 2.26. The second-order valence-electron chi connectivity index (χ2n) is 4.09. The van der Waals surface area contributed by atoms with Crippen LogP contribution in [0.15, 0.2) is 48.5 Å². The number of amides is 1. The van der Waals surface area contributed by atoms with Gasteiger partial charge in [-0.2, -0.15) is 0 Å². The van der Waals surface area contributed by atoms with Gasteiger partial charge in [0.2, 0.25) is 0 Å². The average Bonchev–Trinajstić information content (AvgIpc) is 2.48. The van der Waals surface area contributed by atoms with Crippen molar-refractivity contribution in [1.29, 1.82) is 0 Å². The normalized spacial score (nSPS) is 10.1. The summed E-state index contributed by atoms with van der Waals surface area (Å²) in [5, 5.41) is 9.60. The summed E-state index contributed by atoms with van der Waals surface area (Å²) < 4.78 is 4.91. The number of nitrogens with one attached hydrogen (secondary N) is 1. The van der Waals surface area contributed by atoms with Crippen molar-refractivity contribution in [2.75, 3.05) is 7.11 Å². The van der Waals surface area contributed by atoms with Gasteiger partial charge in [0.05, 0.1) is 13.7 Å². The summed E-state index contributed by atoms with van der Waals surface area (Å²) in [6.07, 6.45) is 0. The molecule has 0 aliphatic carbocycles. The molecule has 0 radical (unpaired) electrons. The molecule has 1 amide bonds. The second kappa shape index (κ2) is 6.58. The van der Waals surface area contributed by atoms with E-state index in [4.69, 9.17) is 9.57 Å². The van der Waals surface area contributed by atoms with Gasteiger partial charge in [0, 0.05) is 5.56 Å². The van der Waals surface area contributed by atoms with Crippen LogP contribution in [0.1, 0.15) is 15.9 Å². The van der Waals surface area contributed by atoms with Gasteiger partial charge in [-0.05, 0) is 23.8 Å². The zero-order valence-electron chi connectivity index (χ0n) is 11.0. The molecule has 2 aromatic rings. The van der Waals surface area contributed by atoms with E-state index in [1.807, 2.05) is 30.3 Å². The Kier molecular flexibility index (Phi) is 4.57. The molecule has 20 heavy (non-hydrogen) atoms. The lowest BCUT2D eigenvalue weighted by molar-refractivity contribution is 0.0233. The second-order valence-corrected chi connectivity index (χ2v) is 4.09. The summed E-state index contributed by atoms with van der Waals surface area (Å²) in [6.45, 7) is 0.273. The van der Waals surface area contributed by atoms with E-state index >= 15 is 0 Å². The van der Waals surface area contributed by atoms with Crippen LogP contribution < -0.4 is 10.2 Å². The number of ether oxygens (including phenoxy) is 1. The maximum Gasteiger partial charge on any atom is 0.274 e. The van der Waals surface area contributed by atoms with Gasteiger partial charge in [0.15, 0.2) is 11.5 Å². The first kappa shape index (κ1) is 13.9. The van der Waals surface area contributed by atoms with Crippen LogP contribution in [-0.2, 0) is 11.4 Å². The molecule has 0 heterocycles. The number of hydroxylamine groups is 1. The number of hydrogen-bond acceptors (Lipinski definition) is 4. The third-order valence-corrected chi connectivity index (χ3v) is 2.69. The van der Waals surface area contributed by atoms with Crippen LogP contribution in [0.5, 0.6) is 11.5 Å². The first-order chi connectivity index (χ1) is 9.70. The van der Waals surface area contributed by atoms with Crippen molar-refractivity contribution in [3.63, 3.8) is 0 Å². The molecule has 0 unspecified atom stereocenters. The summed E-state index contributed by atoms with van der Waals surface area (Å²) in [6, 6.07) is 13.9. The molecule has 2 aromatic carbocycles. The molecule has 5 nitrogen and oxygen atoms in total. The van der Waals surface area contributed by atoms with E-state index in [2.05, 4.69) is 5.48 Å². The summed E-state index contributed by atoms with van der Waals surface area (Å²) in [5.41, 5.74) is 3.56. The van der Waals surface area contributed by atoms with Gasteiger partial charge in [-0.25, -0.2) is 5.48 Å². The zero-order valence-corrected chi connectivity index (χ0v) is 11.0. The Labute approximate surface area is 116 Å². The molecular weight excluding hydrogens is 258 g/mol. The molecule has 0 aromatic heterocycles. The predicted molar refractivity (Wildman–Crippen MR) is 73.4 cm³/mol. The lowest BCUT2D eigenvalue weighted by Gasteiger charge is -2.08. The maximum absolute atomic E-state index is 11.8. The summed E-state index contributed by atoms with van der Waals surface area (Å²) in [4.78, 5) is 16.9. The molecular formula is C15H15NO4. The molecule has 0 aliphatic heterocycles. The predicted octanol–water partition coefficient (Wildman–Crippen LogP) is 2.26. The van der Waals surface area contributed by atoms with Crippen LogP contribution in [0.25, 0.3) is 0 Å². The summed E-state index contributed by atoms with van der Waals surface area (Å²) in [5.74, 6) is -0.214. The van der Waals surface area contributed by atoms with Gasteiger partial charge in [0.1, 0.15) is 0 Å². The number of hydrogen-bond donors (Lipinski definition) is 2. The van der Waals surface area contributed by atoms with E-state index in [0.29, 0.717) is 5.75 Å². The van der Waals surface area contributed by atoms with Crippen molar-refractivity contribution >= 4 is 5.91 Å². The molecule has 2 N–H and O–H groups in total. The Hall–Kier alpha value is -2.53. The lowest BCUT2D eigenvalue weighted by Crippen LogP contribution is -2.23. The average molecular weight is 273 g/mol. The zero-order chi connectivity index (χ0) is 14.4. The van der Waals surface area contributed by atoms with Crippen LogP contribution >= 0.6 is 0 Å². The van der Waals surface area contributed by atoms with E-state index in [1.165, 1.54) is 19.2 Å². The fraction of sp³-hybridized carbons (Fsp3) is 0.133. The molecule has 104 valence electrons. The molecule has 0 bridgehead atoms. The first-order valence-corrected chi connectivity index (χ1v) is 6.04. The highest BCUT2D eigenvalue weighted by Gasteiger charge is 2.09. The van der Waals surface area contributed by atoms with Crippen LogP contribution in [0.4, 0.5) is 0 Å². The van der Waals surface area contributed by atoms with Crippen LogP contribution in [0.2, 0.25) is 0 Å². The Morgan fingerprint density at radius 1 is 1.20 bits per heavy atom. The highest BCUT2D eigenvalue weighted by atomic mass is 16.6. The molecule has 0 saturated carbocycles. The lowest BCUT2D eigenvalue weighted by atomic mass is 10.2. The third kappa shape index (κ3) is 3.49. The van der Waals surface area contributed by atoms with E-state index in [-0.39, 0.29) is 17.9 Å². The smallest absolute Gasteiger partial charge is 0.274 e. The Morgan fingerprint density at radius 2 is 1.95 bits per heavy atom. The largest absolute Gasteiger partial charge is 0.504 e. The fourth-order valence-corrected chi connectivity index (χ4v) is 1.65. The minimum absolute atomic E-state index is 0.0943. The Balaban J connectivity index is 1.90. The highest BCUT2D eigenvalue weighted by molar-refractivity contribution is 5.94. The molecule has 0 atom stereocenters. The number of phenols is 1. The SMILES string of the molecule is COc1ccc(C(=O)NOCc2ccccc2)cc1O. The molecule has 0 fully saturated rings. The van der Waals surface area contributed by atoms with Gasteiger partial charge in [-0.1, -0.05) is 30.3 Å². The van der Waals surface area contributed by atoms with Crippen molar-refractivity contribution < 1.29 is 19.5 Å². The number of methoxy groups -OCH3 is 1. The van der Waals surface area contributed by atoms with Crippen molar-refractivity contribution in [2.45, 2.75) is 6.61 Å². The molecule has 2 rings (SSSR count). The Bertz CT molecular complexity index is 584. The number of benzene rings is 2. The van der Waals surface area contributed by atoms with Crippen LogP contribution in [0.3, 0.4) is 0 Å². The van der Waals surface area contributed by atoms with Crippen LogP contribution in [0, 0.1) is 0 Å². The molecule has 0 spiro atoms. The van der Waals surface area contributed by atoms with E-state index in [0.717, 1.165) is 5.56 Å². The van der Waals surface area contributed by atoms with Crippen molar-refractivity contribution in [1.82, 2.24) is 5.48 Å². The first-order valence-electron chi connectivity index (χ1n) is 6.04. The number of phenolic OH excluding ortho intramolecular Hbond substituents is 1. The third-order valence-electron chi connectivity index (χ3n) is 2.69. The topological polar surface area (TPSA) is 67.8 Å². The van der Waals surface area contributed by atoms with Gasteiger partial charge in [-0.3, -0.25) is 9.63 Å². The van der Waals surface area contributed by atoms with Gasteiger partial charge in [-0.15, -0.1) is 0 Å². The number of carbonyl (C=O) groups excluding carboxylic acids is 1. The standard InChI is InChI=1S/C15H15NO4/c1-19-14-8-7-12(9-13(14)17)15(18)16-20-10-11-5-3-2-4-6-11/h2-9,17H,10H2,1H3,(H,16,18). The Morgan fingerprint density at radius 3 is 2.60 bits per heavy atom. The van der Waals surface area contributed by atoms with Gasteiger partial charge < -0.3 is 9.84 Å². The van der Waals surface area contributed by atoms with E-state index in [9.17, 15) is 9.90 Å². The van der Waals surface area contributed by atoms with E-state index < -0.39 is 5.91 Å². The van der Waals surface area contributed by atoms with Crippen LogP contribution in [-0.4, -0.2) is 18.1 Å². The van der Waals surface area contributed by atoms with Crippen molar-refractivity contribution in [2.24, 2.45) is 0 Å². The van der Waals surface area contributed by atoms with Gasteiger partial charge >= 0.3 is 0 Å². The number of rotatable bonds is 5. The van der Waals surface area contributed by atoms with Gasteiger partial charge in [0.25, 0.3) is 5.91 Å². The minimum Gasteiger partial charge on any atom is -0.504 e.